The van der Waals surface area contributed by atoms with Crippen LogP contribution in [0.5, 0.6) is 0 Å². The summed E-state index contributed by atoms with van der Waals surface area (Å²) in [5, 5.41) is 1.25. The van der Waals surface area contributed by atoms with Crippen LogP contribution in [-0.2, 0) is 7.05 Å². The SMILES string of the molecule is C=C(C)C[C@H](N)c1cn(C)c2ccccc12.Cl. The zero-order chi connectivity index (χ0) is 11.7. The highest BCUT2D eigenvalue weighted by Gasteiger charge is 2.12. The molecule has 0 spiro atoms. The van der Waals surface area contributed by atoms with Gasteiger partial charge in [-0.3, -0.25) is 0 Å². The van der Waals surface area contributed by atoms with E-state index in [9.17, 15) is 0 Å². The van der Waals surface area contributed by atoms with Crippen molar-refractivity contribution < 1.29 is 0 Å². The lowest BCUT2D eigenvalue weighted by atomic mass is 10.0. The van der Waals surface area contributed by atoms with Crippen LogP contribution < -0.4 is 5.73 Å². The van der Waals surface area contributed by atoms with E-state index >= 15 is 0 Å². The van der Waals surface area contributed by atoms with Gasteiger partial charge in [0.2, 0.25) is 0 Å². The molecule has 0 aliphatic carbocycles. The van der Waals surface area contributed by atoms with Gasteiger partial charge in [0, 0.05) is 30.2 Å². The van der Waals surface area contributed by atoms with Gasteiger partial charge in [-0.25, -0.2) is 0 Å². The van der Waals surface area contributed by atoms with E-state index in [0.717, 1.165) is 12.0 Å². The summed E-state index contributed by atoms with van der Waals surface area (Å²) < 4.78 is 2.13. The molecule has 0 saturated heterocycles. The topological polar surface area (TPSA) is 30.9 Å². The Balaban J connectivity index is 0.00000144. The van der Waals surface area contributed by atoms with Crippen LogP contribution in [0.4, 0.5) is 0 Å². The monoisotopic (exact) mass is 250 g/mol. The lowest BCUT2D eigenvalue weighted by Gasteiger charge is -2.10. The summed E-state index contributed by atoms with van der Waals surface area (Å²) in [5.41, 5.74) is 9.77. The Labute approximate surface area is 109 Å². The van der Waals surface area contributed by atoms with Gasteiger partial charge >= 0.3 is 0 Å². The van der Waals surface area contributed by atoms with Crippen LogP contribution in [-0.4, -0.2) is 4.57 Å². The summed E-state index contributed by atoms with van der Waals surface area (Å²) in [6.07, 6.45) is 2.96. The summed E-state index contributed by atoms with van der Waals surface area (Å²) in [6.45, 7) is 5.94. The third-order valence-corrected chi connectivity index (χ3v) is 2.90. The summed E-state index contributed by atoms with van der Waals surface area (Å²) in [7, 11) is 2.05. The number of para-hydroxylation sites is 1. The standard InChI is InChI=1S/C14H18N2.ClH/c1-10(2)8-13(15)12-9-16(3)14-7-5-4-6-11(12)14;/h4-7,9,13H,1,8,15H2,2-3H3;1H/t13-;/m0./s1. The highest BCUT2D eigenvalue weighted by molar-refractivity contribution is 5.85. The molecule has 1 aromatic carbocycles. The Morgan fingerprint density at radius 2 is 2.06 bits per heavy atom. The highest BCUT2D eigenvalue weighted by Crippen LogP contribution is 2.27. The van der Waals surface area contributed by atoms with Gasteiger partial charge in [-0.1, -0.05) is 23.8 Å². The van der Waals surface area contributed by atoms with E-state index in [0.29, 0.717) is 0 Å². The van der Waals surface area contributed by atoms with E-state index in [1.807, 2.05) is 6.92 Å². The highest BCUT2D eigenvalue weighted by atomic mass is 35.5. The lowest BCUT2D eigenvalue weighted by Crippen LogP contribution is -2.09. The fraction of sp³-hybridized carbons (Fsp3) is 0.286. The van der Waals surface area contributed by atoms with Crippen molar-refractivity contribution in [1.82, 2.24) is 4.57 Å². The van der Waals surface area contributed by atoms with Crippen LogP contribution in [0.2, 0.25) is 0 Å². The Hall–Kier alpha value is -1.25. The number of aryl methyl sites for hydroxylation is 1. The van der Waals surface area contributed by atoms with Crippen LogP contribution in [0.3, 0.4) is 0 Å². The minimum absolute atomic E-state index is 0. The number of fused-ring (bicyclic) bond motifs is 1. The van der Waals surface area contributed by atoms with Crippen LogP contribution in [0.1, 0.15) is 24.9 Å². The van der Waals surface area contributed by atoms with Gasteiger partial charge in [-0.2, -0.15) is 0 Å². The maximum absolute atomic E-state index is 6.20. The molecule has 0 bridgehead atoms. The average Bonchev–Trinajstić information content (AvgIpc) is 2.56. The number of nitrogens with two attached hydrogens (primary N) is 1. The maximum atomic E-state index is 6.20. The van der Waals surface area contributed by atoms with E-state index in [1.54, 1.807) is 0 Å². The van der Waals surface area contributed by atoms with Crippen molar-refractivity contribution in [3.05, 3.63) is 48.2 Å². The molecule has 2 aromatic rings. The van der Waals surface area contributed by atoms with Crippen LogP contribution >= 0.6 is 12.4 Å². The summed E-state index contributed by atoms with van der Waals surface area (Å²) in [4.78, 5) is 0. The summed E-state index contributed by atoms with van der Waals surface area (Å²) in [5.74, 6) is 0. The number of aromatic nitrogens is 1. The number of hydrogen-bond acceptors (Lipinski definition) is 1. The normalized spacial score (nSPS) is 12.2. The molecule has 0 radical (unpaired) electrons. The number of halogens is 1. The molecule has 0 amide bonds. The Bertz CT molecular complexity index is 528. The van der Waals surface area contributed by atoms with Crippen molar-refractivity contribution in [2.45, 2.75) is 19.4 Å². The first-order valence-electron chi connectivity index (χ1n) is 5.53. The summed E-state index contributed by atoms with van der Waals surface area (Å²) >= 11 is 0. The molecule has 0 saturated carbocycles. The molecule has 1 atom stereocenters. The Morgan fingerprint density at radius 1 is 1.41 bits per heavy atom. The third kappa shape index (κ3) is 2.71. The van der Waals surface area contributed by atoms with E-state index in [1.165, 1.54) is 16.5 Å². The summed E-state index contributed by atoms with van der Waals surface area (Å²) in [6, 6.07) is 8.40. The van der Waals surface area contributed by atoms with Crippen molar-refractivity contribution in [3.8, 4) is 0 Å². The predicted molar refractivity (Wildman–Crippen MR) is 76.5 cm³/mol. The van der Waals surface area contributed by atoms with Crippen LogP contribution in [0, 0.1) is 0 Å². The zero-order valence-electron chi connectivity index (χ0n) is 10.3. The molecule has 0 aliphatic rings. The maximum Gasteiger partial charge on any atom is 0.0481 e. The molecule has 0 aliphatic heterocycles. The van der Waals surface area contributed by atoms with E-state index in [-0.39, 0.29) is 18.4 Å². The molecule has 2 rings (SSSR count). The molecular formula is C14H19ClN2. The van der Waals surface area contributed by atoms with Gasteiger partial charge in [-0.15, -0.1) is 19.0 Å². The minimum atomic E-state index is 0. The predicted octanol–water partition coefficient (Wildman–Crippen LogP) is 3.57. The molecule has 17 heavy (non-hydrogen) atoms. The first kappa shape index (κ1) is 13.8. The average molecular weight is 251 g/mol. The van der Waals surface area contributed by atoms with Gasteiger partial charge in [0.1, 0.15) is 0 Å². The number of rotatable bonds is 3. The number of hydrogen-bond donors (Lipinski definition) is 1. The number of nitrogens with zero attached hydrogens (tertiary/aromatic N) is 1. The molecular weight excluding hydrogens is 232 g/mol. The molecule has 2 nitrogen and oxygen atoms in total. The molecule has 1 heterocycles. The molecule has 3 heteroatoms. The second kappa shape index (κ2) is 5.39. The van der Waals surface area contributed by atoms with E-state index < -0.39 is 0 Å². The van der Waals surface area contributed by atoms with Gasteiger partial charge in [-0.05, 0) is 25.0 Å². The second-order valence-corrected chi connectivity index (χ2v) is 4.48. The van der Waals surface area contributed by atoms with Gasteiger partial charge in [0.15, 0.2) is 0 Å². The molecule has 92 valence electrons. The van der Waals surface area contributed by atoms with Crippen molar-refractivity contribution in [2.75, 3.05) is 0 Å². The third-order valence-electron chi connectivity index (χ3n) is 2.90. The quantitative estimate of drug-likeness (QED) is 0.830. The lowest BCUT2D eigenvalue weighted by molar-refractivity contribution is 0.718. The van der Waals surface area contributed by atoms with Gasteiger partial charge in [0.05, 0.1) is 0 Å². The Morgan fingerprint density at radius 3 is 2.71 bits per heavy atom. The largest absolute Gasteiger partial charge is 0.350 e. The zero-order valence-corrected chi connectivity index (χ0v) is 11.1. The van der Waals surface area contributed by atoms with Gasteiger partial charge < -0.3 is 10.3 Å². The van der Waals surface area contributed by atoms with E-state index in [4.69, 9.17) is 5.73 Å². The Kier molecular flexibility index (Phi) is 4.38. The number of benzene rings is 1. The fourth-order valence-corrected chi connectivity index (χ4v) is 2.15. The fourth-order valence-electron chi connectivity index (χ4n) is 2.15. The minimum Gasteiger partial charge on any atom is -0.350 e. The smallest absolute Gasteiger partial charge is 0.0481 e. The van der Waals surface area contributed by atoms with Crippen molar-refractivity contribution >= 4 is 23.3 Å². The molecule has 0 unspecified atom stereocenters. The van der Waals surface area contributed by atoms with Crippen molar-refractivity contribution in [3.63, 3.8) is 0 Å². The van der Waals surface area contributed by atoms with Crippen LogP contribution in [0.25, 0.3) is 10.9 Å². The first-order valence-corrected chi connectivity index (χ1v) is 5.53. The van der Waals surface area contributed by atoms with Gasteiger partial charge in [0.25, 0.3) is 0 Å². The molecule has 0 fully saturated rings. The van der Waals surface area contributed by atoms with Crippen molar-refractivity contribution in [1.29, 1.82) is 0 Å². The van der Waals surface area contributed by atoms with Crippen LogP contribution in [0.15, 0.2) is 42.6 Å². The second-order valence-electron chi connectivity index (χ2n) is 4.48. The van der Waals surface area contributed by atoms with E-state index in [2.05, 4.69) is 48.7 Å². The molecule has 1 aromatic heterocycles. The van der Waals surface area contributed by atoms with Crippen molar-refractivity contribution in [2.24, 2.45) is 12.8 Å². The first-order chi connectivity index (χ1) is 7.59. The molecule has 2 N–H and O–H groups in total.